The summed E-state index contributed by atoms with van der Waals surface area (Å²) in [5.74, 6) is -0.0950. The third-order valence-electron chi connectivity index (χ3n) is 3.50. The SMILES string of the molecule is CC[C@@H](NC(=O)/C=C\c1ccc(Cl)cc1)c1ccc(C)cc1. The van der Waals surface area contributed by atoms with Gasteiger partial charge in [0.25, 0.3) is 0 Å². The first-order valence-corrected chi connectivity index (χ1v) is 7.77. The van der Waals surface area contributed by atoms with E-state index in [4.69, 9.17) is 11.6 Å². The smallest absolute Gasteiger partial charge is 0.244 e. The molecule has 0 spiro atoms. The summed E-state index contributed by atoms with van der Waals surface area (Å²) in [5, 5.41) is 3.72. The van der Waals surface area contributed by atoms with Crippen LogP contribution in [0.5, 0.6) is 0 Å². The van der Waals surface area contributed by atoms with Crippen LogP contribution in [0.1, 0.15) is 36.1 Å². The van der Waals surface area contributed by atoms with Gasteiger partial charge in [0.1, 0.15) is 0 Å². The minimum atomic E-state index is -0.0950. The number of amides is 1. The molecule has 2 aromatic rings. The number of rotatable bonds is 5. The Morgan fingerprint density at radius 3 is 2.36 bits per heavy atom. The average molecular weight is 314 g/mol. The van der Waals surface area contributed by atoms with Gasteiger partial charge in [0.05, 0.1) is 6.04 Å². The molecule has 0 aromatic heterocycles. The van der Waals surface area contributed by atoms with Crippen molar-refractivity contribution in [2.45, 2.75) is 26.3 Å². The molecule has 2 nitrogen and oxygen atoms in total. The molecule has 0 aliphatic rings. The Labute approximate surface area is 136 Å². The van der Waals surface area contributed by atoms with Crippen LogP contribution >= 0.6 is 11.6 Å². The van der Waals surface area contributed by atoms with Crippen LogP contribution in [0.3, 0.4) is 0 Å². The first-order chi connectivity index (χ1) is 10.6. The molecule has 1 atom stereocenters. The zero-order valence-corrected chi connectivity index (χ0v) is 13.6. The number of benzene rings is 2. The van der Waals surface area contributed by atoms with Crippen molar-refractivity contribution in [3.63, 3.8) is 0 Å². The maximum Gasteiger partial charge on any atom is 0.244 e. The van der Waals surface area contributed by atoms with Gasteiger partial charge in [-0.05, 0) is 42.7 Å². The quantitative estimate of drug-likeness (QED) is 0.779. The molecule has 0 unspecified atom stereocenters. The molecule has 0 bridgehead atoms. The van der Waals surface area contributed by atoms with E-state index in [0.717, 1.165) is 17.5 Å². The summed E-state index contributed by atoms with van der Waals surface area (Å²) in [7, 11) is 0. The van der Waals surface area contributed by atoms with Gasteiger partial charge in [0.15, 0.2) is 0 Å². The molecule has 0 saturated carbocycles. The van der Waals surface area contributed by atoms with Crippen LogP contribution in [-0.4, -0.2) is 5.91 Å². The molecule has 0 heterocycles. The molecular formula is C19H20ClNO. The van der Waals surface area contributed by atoms with Crippen LogP contribution in [0, 0.1) is 6.92 Å². The lowest BCUT2D eigenvalue weighted by Crippen LogP contribution is -2.26. The molecular weight excluding hydrogens is 294 g/mol. The third kappa shape index (κ3) is 4.74. The molecule has 1 amide bonds. The third-order valence-corrected chi connectivity index (χ3v) is 3.75. The fourth-order valence-electron chi connectivity index (χ4n) is 2.19. The van der Waals surface area contributed by atoms with Crippen LogP contribution in [0.2, 0.25) is 5.02 Å². The molecule has 1 N–H and O–H groups in total. The molecule has 2 rings (SSSR count). The summed E-state index contributed by atoms with van der Waals surface area (Å²) in [6, 6.07) is 15.6. The summed E-state index contributed by atoms with van der Waals surface area (Å²) in [6.07, 6.45) is 4.19. The van der Waals surface area contributed by atoms with Crippen LogP contribution in [0.15, 0.2) is 54.6 Å². The minimum Gasteiger partial charge on any atom is -0.346 e. The van der Waals surface area contributed by atoms with Crippen LogP contribution in [0.25, 0.3) is 6.08 Å². The van der Waals surface area contributed by atoms with Crippen molar-refractivity contribution in [2.24, 2.45) is 0 Å². The highest BCUT2D eigenvalue weighted by Gasteiger charge is 2.10. The molecule has 0 aliphatic carbocycles. The monoisotopic (exact) mass is 313 g/mol. The van der Waals surface area contributed by atoms with E-state index in [2.05, 4.69) is 43.4 Å². The number of aryl methyl sites for hydroxylation is 1. The predicted molar refractivity (Wildman–Crippen MR) is 92.8 cm³/mol. The topological polar surface area (TPSA) is 29.1 Å². The van der Waals surface area contributed by atoms with Gasteiger partial charge >= 0.3 is 0 Å². The zero-order chi connectivity index (χ0) is 15.9. The maximum absolute atomic E-state index is 12.1. The second-order valence-electron chi connectivity index (χ2n) is 5.26. The van der Waals surface area contributed by atoms with E-state index >= 15 is 0 Å². The van der Waals surface area contributed by atoms with Crippen molar-refractivity contribution >= 4 is 23.6 Å². The minimum absolute atomic E-state index is 0.0305. The van der Waals surface area contributed by atoms with Gasteiger partial charge in [0.2, 0.25) is 5.91 Å². The van der Waals surface area contributed by atoms with Gasteiger partial charge in [0, 0.05) is 11.1 Å². The van der Waals surface area contributed by atoms with Gasteiger partial charge in [-0.15, -0.1) is 0 Å². The van der Waals surface area contributed by atoms with Gasteiger partial charge in [-0.1, -0.05) is 60.5 Å². The lowest BCUT2D eigenvalue weighted by atomic mass is 10.0. The molecule has 3 heteroatoms. The van der Waals surface area contributed by atoms with Crippen molar-refractivity contribution < 1.29 is 4.79 Å². The molecule has 2 aromatic carbocycles. The molecule has 114 valence electrons. The normalized spacial score (nSPS) is 12.3. The Kier molecular flexibility index (Phi) is 5.79. The van der Waals surface area contributed by atoms with Crippen molar-refractivity contribution in [1.82, 2.24) is 5.32 Å². The van der Waals surface area contributed by atoms with Crippen molar-refractivity contribution in [1.29, 1.82) is 0 Å². The second-order valence-corrected chi connectivity index (χ2v) is 5.70. The summed E-state index contributed by atoms with van der Waals surface area (Å²) >= 11 is 5.84. The van der Waals surface area contributed by atoms with E-state index in [1.165, 1.54) is 5.56 Å². The van der Waals surface area contributed by atoms with Crippen LogP contribution in [-0.2, 0) is 4.79 Å². The Morgan fingerprint density at radius 1 is 1.14 bits per heavy atom. The predicted octanol–water partition coefficient (Wildman–Crippen LogP) is 4.93. The molecule has 22 heavy (non-hydrogen) atoms. The summed E-state index contributed by atoms with van der Waals surface area (Å²) in [5.41, 5.74) is 3.29. The van der Waals surface area contributed by atoms with Crippen LogP contribution < -0.4 is 5.32 Å². The van der Waals surface area contributed by atoms with Gasteiger partial charge in [-0.3, -0.25) is 4.79 Å². The van der Waals surface area contributed by atoms with Crippen molar-refractivity contribution in [2.75, 3.05) is 0 Å². The maximum atomic E-state index is 12.1. The summed E-state index contributed by atoms with van der Waals surface area (Å²) < 4.78 is 0. The lowest BCUT2D eigenvalue weighted by Gasteiger charge is -2.16. The second kappa shape index (κ2) is 7.81. The first kappa shape index (κ1) is 16.3. The number of carbonyl (C=O) groups excluding carboxylic acids is 1. The number of nitrogens with one attached hydrogen (secondary N) is 1. The number of carbonyl (C=O) groups is 1. The zero-order valence-electron chi connectivity index (χ0n) is 12.8. The van der Waals surface area contributed by atoms with E-state index < -0.39 is 0 Å². The Hall–Kier alpha value is -2.06. The van der Waals surface area contributed by atoms with E-state index in [9.17, 15) is 4.79 Å². The van der Waals surface area contributed by atoms with Crippen molar-refractivity contribution in [3.8, 4) is 0 Å². The van der Waals surface area contributed by atoms with E-state index in [0.29, 0.717) is 5.02 Å². The largest absolute Gasteiger partial charge is 0.346 e. The number of hydrogen-bond donors (Lipinski definition) is 1. The standard InChI is InChI=1S/C19H20ClNO/c1-3-18(16-9-4-14(2)5-10-16)21-19(22)13-8-15-6-11-17(20)12-7-15/h4-13,18H,3H2,1-2H3,(H,21,22)/b13-8-/t18-/m1/s1. The summed E-state index contributed by atoms with van der Waals surface area (Å²) in [4.78, 5) is 12.1. The van der Waals surface area contributed by atoms with E-state index in [1.807, 2.05) is 12.1 Å². The molecule has 0 saturated heterocycles. The Balaban J connectivity index is 2.00. The number of halogens is 1. The van der Waals surface area contributed by atoms with Gasteiger partial charge in [-0.2, -0.15) is 0 Å². The molecule has 0 radical (unpaired) electrons. The summed E-state index contributed by atoms with van der Waals surface area (Å²) in [6.45, 7) is 4.12. The first-order valence-electron chi connectivity index (χ1n) is 7.39. The Morgan fingerprint density at radius 2 is 1.77 bits per heavy atom. The van der Waals surface area contributed by atoms with E-state index in [1.54, 1.807) is 24.3 Å². The van der Waals surface area contributed by atoms with Gasteiger partial charge in [-0.25, -0.2) is 0 Å². The van der Waals surface area contributed by atoms with Crippen molar-refractivity contribution in [3.05, 3.63) is 76.3 Å². The number of hydrogen-bond acceptors (Lipinski definition) is 1. The lowest BCUT2D eigenvalue weighted by molar-refractivity contribution is -0.117. The molecule has 0 aliphatic heterocycles. The fourth-order valence-corrected chi connectivity index (χ4v) is 2.31. The highest BCUT2D eigenvalue weighted by Crippen LogP contribution is 2.17. The average Bonchev–Trinajstić information content (AvgIpc) is 2.53. The fraction of sp³-hybridized carbons (Fsp3) is 0.211. The highest BCUT2D eigenvalue weighted by atomic mass is 35.5. The molecule has 0 fully saturated rings. The van der Waals surface area contributed by atoms with Crippen LogP contribution in [0.4, 0.5) is 0 Å². The highest BCUT2D eigenvalue weighted by molar-refractivity contribution is 6.30. The van der Waals surface area contributed by atoms with Gasteiger partial charge < -0.3 is 5.32 Å². The van der Waals surface area contributed by atoms with E-state index in [-0.39, 0.29) is 11.9 Å². The Bertz CT molecular complexity index is 644.